The number of ketones is 2. The van der Waals surface area contributed by atoms with Gasteiger partial charge in [-0.1, -0.05) is 23.9 Å². The Balaban J connectivity index is 1.59. The van der Waals surface area contributed by atoms with Crippen LogP contribution >= 0.6 is 11.8 Å². The minimum absolute atomic E-state index is 0.0617. The topological polar surface area (TPSA) is 98.1 Å². The molecule has 1 N–H and O–H groups in total. The molecule has 29 heavy (non-hydrogen) atoms. The van der Waals surface area contributed by atoms with Crippen molar-refractivity contribution in [3.8, 4) is 5.75 Å². The lowest BCUT2D eigenvalue weighted by Gasteiger charge is -2.07. The first kappa shape index (κ1) is 20.9. The number of nitrogens with zero attached hydrogens (tertiary/aromatic N) is 2. The molecule has 0 aliphatic heterocycles. The third-order valence-corrected chi connectivity index (χ3v) is 5.36. The van der Waals surface area contributed by atoms with Crippen LogP contribution < -0.4 is 4.74 Å². The van der Waals surface area contributed by atoms with Crippen LogP contribution in [0.2, 0.25) is 0 Å². The van der Waals surface area contributed by atoms with E-state index in [0.29, 0.717) is 33.6 Å². The Bertz CT molecular complexity index is 1070. The minimum Gasteiger partial charge on any atom is -0.484 e. The molecule has 8 heteroatoms. The number of aromatic amines is 1. The van der Waals surface area contributed by atoms with E-state index in [1.165, 1.54) is 6.92 Å². The van der Waals surface area contributed by atoms with E-state index in [9.17, 15) is 9.59 Å². The van der Waals surface area contributed by atoms with E-state index in [1.807, 2.05) is 32.0 Å². The summed E-state index contributed by atoms with van der Waals surface area (Å²) in [6, 6.07) is 5.97. The van der Waals surface area contributed by atoms with Crippen molar-refractivity contribution in [1.82, 2.24) is 15.2 Å². The van der Waals surface area contributed by atoms with Gasteiger partial charge in [-0.25, -0.2) is 0 Å². The van der Waals surface area contributed by atoms with Crippen LogP contribution in [0.15, 0.2) is 27.8 Å². The highest BCUT2D eigenvalue weighted by Gasteiger charge is 2.20. The smallest absolute Gasteiger partial charge is 0.277 e. The summed E-state index contributed by atoms with van der Waals surface area (Å²) in [5.74, 6) is 1.04. The summed E-state index contributed by atoms with van der Waals surface area (Å²) < 4.78 is 11.3. The zero-order chi connectivity index (χ0) is 21.1. The number of hydrogen-bond donors (Lipinski definition) is 1. The molecule has 1 aromatic carbocycles. The molecule has 152 valence electrons. The van der Waals surface area contributed by atoms with Crippen LogP contribution in [-0.2, 0) is 6.61 Å². The van der Waals surface area contributed by atoms with Crippen molar-refractivity contribution in [2.24, 2.45) is 0 Å². The van der Waals surface area contributed by atoms with Gasteiger partial charge in [0.1, 0.15) is 5.75 Å². The predicted molar refractivity (Wildman–Crippen MR) is 110 cm³/mol. The Morgan fingerprint density at radius 2 is 1.93 bits per heavy atom. The molecule has 0 saturated carbocycles. The summed E-state index contributed by atoms with van der Waals surface area (Å²) in [5, 5.41) is 8.22. The number of carbonyl (C=O) groups is 2. The van der Waals surface area contributed by atoms with Gasteiger partial charge in [0.25, 0.3) is 11.1 Å². The molecule has 0 fully saturated rings. The van der Waals surface area contributed by atoms with Gasteiger partial charge >= 0.3 is 0 Å². The molecule has 3 rings (SSSR count). The van der Waals surface area contributed by atoms with E-state index in [2.05, 4.69) is 15.2 Å². The lowest BCUT2D eigenvalue weighted by atomic mass is 10.1. The highest BCUT2D eigenvalue weighted by atomic mass is 32.2. The average molecular weight is 413 g/mol. The molecular weight excluding hydrogens is 390 g/mol. The largest absolute Gasteiger partial charge is 0.484 e. The number of hydrogen-bond acceptors (Lipinski definition) is 7. The second-order valence-corrected chi connectivity index (χ2v) is 7.84. The van der Waals surface area contributed by atoms with Crippen LogP contribution in [-0.4, -0.2) is 32.5 Å². The summed E-state index contributed by atoms with van der Waals surface area (Å²) in [6.45, 7) is 9.17. The summed E-state index contributed by atoms with van der Waals surface area (Å²) in [7, 11) is 0. The third kappa shape index (κ3) is 4.76. The van der Waals surface area contributed by atoms with Crippen molar-refractivity contribution < 1.29 is 18.7 Å². The van der Waals surface area contributed by atoms with E-state index < -0.39 is 0 Å². The van der Waals surface area contributed by atoms with Gasteiger partial charge < -0.3 is 14.1 Å². The molecule has 0 unspecified atom stereocenters. The molecule has 7 nitrogen and oxygen atoms in total. The van der Waals surface area contributed by atoms with E-state index >= 15 is 0 Å². The molecular formula is C21H23N3O4S. The fourth-order valence-corrected chi connectivity index (χ4v) is 3.77. The Labute approximate surface area is 173 Å². The SMILES string of the molecule is CC(=O)c1c(C)[nH]c(C(=O)CSc2nnc(COc3cc(C)ccc3C)o2)c1C. The molecule has 0 bridgehead atoms. The molecule has 0 spiro atoms. The Morgan fingerprint density at radius 1 is 1.17 bits per heavy atom. The number of H-pyrrole nitrogens is 1. The highest BCUT2D eigenvalue weighted by Crippen LogP contribution is 2.24. The van der Waals surface area contributed by atoms with Gasteiger partial charge in [-0.3, -0.25) is 9.59 Å². The Morgan fingerprint density at radius 3 is 2.62 bits per heavy atom. The number of nitrogens with one attached hydrogen (secondary N) is 1. The monoisotopic (exact) mass is 413 g/mol. The van der Waals surface area contributed by atoms with Crippen LogP contribution in [0.5, 0.6) is 5.75 Å². The van der Waals surface area contributed by atoms with Gasteiger partial charge in [0, 0.05) is 11.3 Å². The van der Waals surface area contributed by atoms with Crippen LogP contribution in [0.1, 0.15) is 56.0 Å². The maximum Gasteiger partial charge on any atom is 0.277 e. The summed E-state index contributed by atoms with van der Waals surface area (Å²) in [5.41, 5.74) is 4.52. The zero-order valence-electron chi connectivity index (χ0n) is 17.1. The van der Waals surface area contributed by atoms with Gasteiger partial charge in [0.2, 0.25) is 0 Å². The molecule has 2 aromatic heterocycles. The lowest BCUT2D eigenvalue weighted by Crippen LogP contribution is -2.05. The lowest BCUT2D eigenvalue weighted by molar-refractivity contribution is 0.101. The normalized spacial score (nSPS) is 10.9. The molecule has 2 heterocycles. The quantitative estimate of drug-likeness (QED) is 0.432. The molecule has 0 aliphatic rings. The first-order valence-electron chi connectivity index (χ1n) is 9.14. The molecule has 0 amide bonds. The van der Waals surface area contributed by atoms with Crippen LogP contribution in [0, 0.1) is 27.7 Å². The first-order valence-corrected chi connectivity index (χ1v) is 10.1. The Kier molecular flexibility index (Phi) is 6.22. The van der Waals surface area contributed by atoms with Gasteiger partial charge in [0.05, 0.1) is 11.4 Å². The van der Waals surface area contributed by atoms with Crippen molar-refractivity contribution in [3.63, 3.8) is 0 Å². The molecule has 0 aliphatic carbocycles. The van der Waals surface area contributed by atoms with Gasteiger partial charge in [-0.05, 0) is 57.4 Å². The van der Waals surface area contributed by atoms with Crippen LogP contribution in [0.3, 0.4) is 0 Å². The van der Waals surface area contributed by atoms with E-state index in [-0.39, 0.29) is 23.9 Å². The number of aryl methyl sites for hydroxylation is 3. The molecule has 0 radical (unpaired) electrons. The highest BCUT2D eigenvalue weighted by molar-refractivity contribution is 7.99. The van der Waals surface area contributed by atoms with Crippen molar-refractivity contribution >= 4 is 23.3 Å². The van der Waals surface area contributed by atoms with Gasteiger partial charge in [-0.15, -0.1) is 10.2 Å². The fourth-order valence-electron chi connectivity index (χ4n) is 3.11. The molecule has 0 atom stereocenters. The van der Waals surface area contributed by atoms with E-state index in [1.54, 1.807) is 13.8 Å². The second-order valence-electron chi connectivity index (χ2n) is 6.91. The number of carbonyl (C=O) groups excluding carboxylic acids is 2. The van der Waals surface area contributed by atoms with E-state index in [0.717, 1.165) is 28.6 Å². The summed E-state index contributed by atoms with van der Waals surface area (Å²) >= 11 is 1.15. The number of thioether (sulfide) groups is 1. The number of rotatable bonds is 8. The number of aromatic nitrogens is 3. The summed E-state index contributed by atoms with van der Waals surface area (Å²) in [6.07, 6.45) is 0. The van der Waals surface area contributed by atoms with Crippen molar-refractivity contribution in [2.75, 3.05) is 5.75 Å². The standard InChI is InChI=1S/C21H23N3O4S/c1-11-6-7-12(2)17(8-11)27-9-18-23-24-21(28-18)29-10-16(26)20-13(3)19(15(5)25)14(4)22-20/h6-8,22H,9-10H2,1-5H3. The van der Waals surface area contributed by atoms with Crippen molar-refractivity contribution in [3.05, 3.63) is 57.7 Å². The number of ether oxygens (including phenoxy) is 1. The van der Waals surface area contributed by atoms with Crippen molar-refractivity contribution in [1.29, 1.82) is 0 Å². The fraction of sp³-hybridized carbons (Fsp3) is 0.333. The maximum atomic E-state index is 12.5. The minimum atomic E-state index is -0.130. The van der Waals surface area contributed by atoms with Crippen molar-refractivity contribution in [2.45, 2.75) is 46.4 Å². The van der Waals surface area contributed by atoms with Crippen LogP contribution in [0.4, 0.5) is 0 Å². The predicted octanol–water partition coefficient (Wildman–Crippen LogP) is 4.39. The van der Waals surface area contributed by atoms with E-state index in [4.69, 9.17) is 9.15 Å². The van der Waals surface area contributed by atoms with Gasteiger partial charge in [-0.2, -0.15) is 0 Å². The second kappa shape index (κ2) is 8.65. The van der Waals surface area contributed by atoms with Gasteiger partial charge in [0.15, 0.2) is 18.2 Å². The summed E-state index contributed by atoms with van der Waals surface area (Å²) in [4.78, 5) is 27.3. The zero-order valence-corrected chi connectivity index (χ0v) is 17.9. The average Bonchev–Trinajstić information content (AvgIpc) is 3.24. The Hall–Kier alpha value is -2.87. The number of benzene rings is 1. The van der Waals surface area contributed by atoms with Crippen LogP contribution in [0.25, 0.3) is 0 Å². The number of Topliss-reactive ketones (excluding diaryl/α,β-unsaturated/α-hetero) is 2. The molecule has 0 saturated heterocycles. The third-order valence-electron chi connectivity index (χ3n) is 4.54. The maximum absolute atomic E-state index is 12.5. The first-order chi connectivity index (χ1) is 13.8. The molecule has 3 aromatic rings.